The smallest absolute Gasteiger partial charge is 0.320 e. The van der Waals surface area contributed by atoms with Gasteiger partial charge in [0.1, 0.15) is 6.04 Å². The standard InChI is InChI=1S/C11H19N3O4/c1-7(2)10(16)14-6-5-13-9(15)4-3-8(12)11(17)18/h8H,1,3-6,12H2,2H3,(H,13,15)(H,14,16)(H,17,18)/t8-/m0/s1. The van der Waals surface area contributed by atoms with Gasteiger partial charge in [-0.15, -0.1) is 0 Å². The average molecular weight is 257 g/mol. The molecule has 7 nitrogen and oxygen atoms in total. The zero-order chi connectivity index (χ0) is 14.1. The van der Waals surface area contributed by atoms with E-state index in [0.29, 0.717) is 12.1 Å². The zero-order valence-electron chi connectivity index (χ0n) is 10.4. The van der Waals surface area contributed by atoms with Gasteiger partial charge < -0.3 is 21.5 Å². The average Bonchev–Trinajstić information content (AvgIpc) is 2.30. The predicted molar refractivity (Wildman–Crippen MR) is 65.7 cm³/mol. The van der Waals surface area contributed by atoms with Crippen LogP contribution in [0.15, 0.2) is 12.2 Å². The van der Waals surface area contributed by atoms with Crippen LogP contribution in [0.25, 0.3) is 0 Å². The van der Waals surface area contributed by atoms with Crippen LogP contribution in [0.2, 0.25) is 0 Å². The zero-order valence-corrected chi connectivity index (χ0v) is 10.4. The SMILES string of the molecule is C=C(C)C(=O)NCCNC(=O)CC[C@H](N)C(=O)O. The molecule has 5 N–H and O–H groups in total. The topological polar surface area (TPSA) is 122 Å². The minimum Gasteiger partial charge on any atom is -0.480 e. The Balaban J connectivity index is 3.63. The quantitative estimate of drug-likeness (QED) is 0.328. The lowest BCUT2D eigenvalue weighted by Crippen LogP contribution is -2.36. The van der Waals surface area contributed by atoms with Crippen molar-refractivity contribution in [3.63, 3.8) is 0 Å². The third kappa shape index (κ3) is 7.39. The fourth-order valence-electron chi connectivity index (χ4n) is 1.03. The van der Waals surface area contributed by atoms with Crippen molar-refractivity contribution in [1.29, 1.82) is 0 Å². The molecule has 7 heteroatoms. The van der Waals surface area contributed by atoms with E-state index in [2.05, 4.69) is 17.2 Å². The largest absolute Gasteiger partial charge is 0.480 e. The lowest BCUT2D eigenvalue weighted by molar-refractivity contribution is -0.138. The van der Waals surface area contributed by atoms with Crippen LogP contribution in [-0.4, -0.2) is 42.0 Å². The second-order valence-corrected chi connectivity index (χ2v) is 3.87. The molecule has 0 aliphatic carbocycles. The molecule has 0 aliphatic heterocycles. The molecule has 0 unspecified atom stereocenters. The summed E-state index contributed by atoms with van der Waals surface area (Å²) in [5.74, 6) is -1.69. The van der Waals surface area contributed by atoms with Gasteiger partial charge in [0.25, 0.3) is 0 Å². The molecule has 0 rings (SSSR count). The van der Waals surface area contributed by atoms with Gasteiger partial charge in [0, 0.05) is 25.1 Å². The summed E-state index contributed by atoms with van der Waals surface area (Å²) >= 11 is 0. The van der Waals surface area contributed by atoms with Gasteiger partial charge in [0.05, 0.1) is 0 Å². The predicted octanol–water partition coefficient (Wildman–Crippen LogP) is -1.01. The molecule has 0 aromatic carbocycles. The van der Waals surface area contributed by atoms with E-state index in [4.69, 9.17) is 10.8 Å². The van der Waals surface area contributed by atoms with Gasteiger partial charge in [0.15, 0.2) is 0 Å². The van der Waals surface area contributed by atoms with E-state index in [1.54, 1.807) is 6.92 Å². The van der Waals surface area contributed by atoms with Gasteiger partial charge in [-0.25, -0.2) is 0 Å². The van der Waals surface area contributed by atoms with Crippen LogP contribution in [-0.2, 0) is 14.4 Å². The molecule has 18 heavy (non-hydrogen) atoms. The number of nitrogens with two attached hydrogens (primary N) is 1. The second kappa shape index (κ2) is 8.24. The molecule has 0 spiro atoms. The lowest BCUT2D eigenvalue weighted by atomic mass is 10.1. The molecular weight excluding hydrogens is 238 g/mol. The maximum atomic E-state index is 11.3. The van der Waals surface area contributed by atoms with E-state index >= 15 is 0 Å². The Kier molecular flexibility index (Phi) is 7.37. The molecule has 102 valence electrons. The third-order valence-corrected chi connectivity index (χ3v) is 2.12. The summed E-state index contributed by atoms with van der Waals surface area (Å²) < 4.78 is 0. The van der Waals surface area contributed by atoms with Crippen LogP contribution in [0.3, 0.4) is 0 Å². The van der Waals surface area contributed by atoms with Crippen LogP contribution in [0.5, 0.6) is 0 Å². The maximum Gasteiger partial charge on any atom is 0.320 e. The van der Waals surface area contributed by atoms with Crippen LogP contribution >= 0.6 is 0 Å². The van der Waals surface area contributed by atoms with Gasteiger partial charge in [-0.2, -0.15) is 0 Å². The number of carbonyl (C=O) groups excluding carboxylic acids is 2. The molecule has 0 saturated heterocycles. The normalized spacial score (nSPS) is 11.4. The molecule has 0 fully saturated rings. The number of hydrogen-bond acceptors (Lipinski definition) is 4. The highest BCUT2D eigenvalue weighted by Crippen LogP contribution is 1.94. The van der Waals surface area contributed by atoms with Gasteiger partial charge in [-0.3, -0.25) is 14.4 Å². The van der Waals surface area contributed by atoms with E-state index < -0.39 is 12.0 Å². The van der Waals surface area contributed by atoms with Gasteiger partial charge >= 0.3 is 5.97 Å². The van der Waals surface area contributed by atoms with Crippen LogP contribution < -0.4 is 16.4 Å². The highest BCUT2D eigenvalue weighted by Gasteiger charge is 2.13. The molecule has 0 aliphatic rings. The number of nitrogens with one attached hydrogen (secondary N) is 2. The van der Waals surface area contributed by atoms with Crippen molar-refractivity contribution < 1.29 is 19.5 Å². The fourth-order valence-corrected chi connectivity index (χ4v) is 1.03. The van der Waals surface area contributed by atoms with Gasteiger partial charge in [0.2, 0.25) is 11.8 Å². The maximum absolute atomic E-state index is 11.3. The minimum absolute atomic E-state index is 0.0436. The van der Waals surface area contributed by atoms with Crippen LogP contribution in [0, 0.1) is 0 Å². The molecule has 0 radical (unpaired) electrons. The minimum atomic E-state index is -1.13. The first kappa shape index (κ1) is 16.1. The first-order valence-corrected chi connectivity index (χ1v) is 5.53. The first-order chi connectivity index (χ1) is 8.34. The van der Waals surface area contributed by atoms with E-state index in [0.717, 1.165) is 0 Å². The number of hydrogen-bond donors (Lipinski definition) is 4. The summed E-state index contributed by atoms with van der Waals surface area (Å²) in [4.78, 5) is 32.7. The summed E-state index contributed by atoms with van der Waals surface area (Å²) in [6, 6.07) is -1.03. The molecule has 0 aromatic rings. The Labute approximate surface area is 105 Å². The number of carbonyl (C=O) groups is 3. The van der Waals surface area contributed by atoms with E-state index in [1.807, 2.05) is 0 Å². The van der Waals surface area contributed by atoms with E-state index in [9.17, 15) is 14.4 Å². The molecular formula is C11H19N3O4. The van der Waals surface area contributed by atoms with Crippen LogP contribution in [0.1, 0.15) is 19.8 Å². The molecule has 1 atom stereocenters. The van der Waals surface area contributed by atoms with Crippen molar-refractivity contribution in [1.82, 2.24) is 10.6 Å². The molecule has 2 amide bonds. The lowest BCUT2D eigenvalue weighted by Gasteiger charge is -2.08. The fraction of sp³-hybridized carbons (Fsp3) is 0.545. The number of carboxylic acid groups (broad SMARTS) is 1. The van der Waals surface area contributed by atoms with E-state index in [-0.39, 0.29) is 31.2 Å². The summed E-state index contributed by atoms with van der Waals surface area (Å²) in [5.41, 5.74) is 5.64. The summed E-state index contributed by atoms with van der Waals surface area (Å²) in [7, 11) is 0. The number of amides is 2. The molecule has 0 bridgehead atoms. The Morgan fingerprint density at radius 3 is 2.33 bits per heavy atom. The van der Waals surface area contributed by atoms with Crippen molar-refractivity contribution in [2.45, 2.75) is 25.8 Å². The number of rotatable bonds is 8. The van der Waals surface area contributed by atoms with Crippen molar-refractivity contribution >= 4 is 17.8 Å². The van der Waals surface area contributed by atoms with Gasteiger partial charge in [-0.05, 0) is 13.3 Å². The van der Waals surface area contributed by atoms with Crippen LogP contribution in [0.4, 0.5) is 0 Å². The Hall–Kier alpha value is -1.89. The summed E-state index contributed by atoms with van der Waals surface area (Å²) in [6.45, 7) is 5.62. The van der Waals surface area contributed by atoms with E-state index in [1.165, 1.54) is 0 Å². The van der Waals surface area contributed by atoms with Crippen molar-refractivity contribution in [3.8, 4) is 0 Å². The summed E-state index contributed by atoms with van der Waals surface area (Å²) in [5, 5.41) is 13.6. The highest BCUT2D eigenvalue weighted by molar-refractivity contribution is 5.92. The van der Waals surface area contributed by atoms with Crippen molar-refractivity contribution in [2.75, 3.05) is 13.1 Å². The Bertz CT molecular complexity index is 341. The molecule has 0 aromatic heterocycles. The van der Waals surface area contributed by atoms with Crippen molar-refractivity contribution in [3.05, 3.63) is 12.2 Å². The number of aliphatic carboxylic acids is 1. The van der Waals surface area contributed by atoms with Crippen molar-refractivity contribution in [2.24, 2.45) is 5.73 Å². The number of carboxylic acids is 1. The highest BCUT2D eigenvalue weighted by atomic mass is 16.4. The third-order valence-electron chi connectivity index (χ3n) is 2.12. The second-order valence-electron chi connectivity index (χ2n) is 3.87. The molecule has 0 heterocycles. The summed E-state index contributed by atoms with van der Waals surface area (Å²) in [6.07, 6.45) is 0.126. The van der Waals surface area contributed by atoms with Gasteiger partial charge in [-0.1, -0.05) is 6.58 Å². The molecule has 0 saturated carbocycles. The first-order valence-electron chi connectivity index (χ1n) is 5.53. The monoisotopic (exact) mass is 257 g/mol. The Morgan fingerprint density at radius 2 is 1.83 bits per heavy atom. The Morgan fingerprint density at radius 1 is 1.28 bits per heavy atom.